The first-order chi connectivity index (χ1) is 13.9. The minimum Gasteiger partial charge on any atom is -0.469 e. The van der Waals surface area contributed by atoms with Crippen molar-refractivity contribution in [1.29, 1.82) is 0 Å². The van der Waals surface area contributed by atoms with E-state index in [0.29, 0.717) is 13.0 Å². The van der Waals surface area contributed by atoms with Gasteiger partial charge < -0.3 is 39.6 Å². The topological polar surface area (TPSA) is 144 Å². The Labute approximate surface area is 171 Å². The summed E-state index contributed by atoms with van der Waals surface area (Å²) < 4.78 is 20.6. The van der Waals surface area contributed by atoms with Crippen molar-refractivity contribution in [2.45, 2.75) is 82.5 Å². The van der Waals surface area contributed by atoms with Crippen LogP contribution in [0.3, 0.4) is 0 Å². The van der Waals surface area contributed by atoms with Crippen LogP contribution in [0.1, 0.15) is 51.9 Å². The molecule has 10 nitrogen and oxygen atoms in total. The number of aliphatic hydroxyl groups excluding tert-OH is 3. The van der Waals surface area contributed by atoms with E-state index in [4.69, 9.17) is 14.2 Å². The Hall–Kier alpha value is -1.46. The first-order valence-electron chi connectivity index (χ1n) is 10.2. The Morgan fingerprint density at radius 1 is 1.03 bits per heavy atom. The standard InChI is InChI=1S/C19H35NO9/c1-3-27-19(25)20-15-17(24)16(23)13(12-21)29-18(15)28-11-9-7-5-4-6-8-10-14(22)26-2/h13,15-18,21,23-24H,3-12H2,1-2H3,(H,20,25)/t13?,15?,16-,17?,18-/m1/s1. The van der Waals surface area contributed by atoms with Gasteiger partial charge in [-0.3, -0.25) is 4.79 Å². The quantitative estimate of drug-likeness (QED) is 0.246. The summed E-state index contributed by atoms with van der Waals surface area (Å²) in [7, 11) is 1.38. The summed E-state index contributed by atoms with van der Waals surface area (Å²) in [5.41, 5.74) is 0. The normalized spacial score (nSPS) is 26.7. The predicted molar refractivity (Wildman–Crippen MR) is 102 cm³/mol. The van der Waals surface area contributed by atoms with Crippen molar-refractivity contribution in [2.24, 2.45) is 0 Å². The number of esters is 1. The monoisotopic (exact) mass is 421 g/mol. The molecule has 1 heterocycles. The molecule has 0 bridgehead atoms. The molecule has 4 N–H and O–H groups in total. The molecular weight excluding hydrogens is 386 g/mol. The van der Waals surface area contributed by atoms with Crippen LogP contribution in [0, 0.1) is 0 Å². The van der Waals surface area contributed by atoms with Crippen LogP contribution >= 0.6 is 0 Å². The Kier molecular flexibility index (Phi) is 12.8. The minimum absolute atomic E-state index is 0.155. The molecule has 10 heteroatoms. The number of nitrogens with one attached hydrogen (secondary N) is 1. The molecule has 5 atom stereocenters. The molecule has 1 fully saturated rings. The van der Waals surface area contributed by atoms with Crippen LogP contribution in [0.15, 0.2) is 0 Å². The highest BCUT2D eigenvalue weighted by Crippen LogP contribution is 2.22. The van der Waals surface area contributed by atoms with Crippen molar-refractivity contribution in [3.05, 3.63) is 0 Å². The largest absolute Gasteiger partial charge is 0.469 e. The van der Waals surface area contributed by atoms with E-state index >= 15 is 0 Å². The third-order valence-electron chi connectivity index (χ3n) is 4.73. The zero-order valence-corrected chi connectivity index (χ0v) is 17.2. The van der Waals surface area contributed by atoms with Crippen LogP contribution in [0.4, 0.5) is 4.79 Å². The van der Waals surface area contributed by atoms with Crippen LogP contribution in [-0.2, 0) is 23.7 Å². The number of unbranched alkanes of at least 4 members (excludes halogenated alkanes) is 5. The molecule has 0 aromatic heterocycles. The molecule has 1 amide bonds. The van der Waals surface area contributed by atoms with Gasteiger partial charge in [-0.05, 0) is 19.8 Å². The molecular formula is C19H35NO9. The summed E-state index contributed by atoms with van der Waals surface area (Å²) in [6.07, 6.45) is 0.327. The molecule has 1 saturated heterocycles. The number of hydrogen-bond acceptors (Lipinski definition) is 9. The average molecular weight is 421 g/mol. The number of carbonyl (C=O) groups excluding carboxylic acids is 2. The molecule has 0 saturated carbocycles. The van der Waals surface area contributed by atoms with Gasteiger partial charge in [0, 0.05) is 13.0 Å². The second-order valence-electron chi connectivity index (χ2n) is 6.92. The van der Waals surface area contributed by atoms with Crippen LogP contribution < -0.4 is 5.32 Å². The summed E-state index contributed by atoms with van der Waals surface area (Å²) in [5, 5.41) is 32.1. The lowest BCUT2D eigenvalue weighted by atomic mass is 9.97. The van der Waals surface area contributed by atoms with Gasteiger partial charge in [-0.25, -0.2) is 4.79 Å². The molecule has 1 rings (SSSR count). The van der Waals surface area contributed by atoms with Gasteiger partial charge in [-0.15, -0.1) is 0 Å². The first-order valence-corrected chi connectivity index (χ1v) is 10.2. The van der Waals surface area contributed by atoms with Crippen molar-refractivity contribution in [2.75, 3.05) is 26.9 Å². The Balaban J connectivity index is 2.35. The van der Waals surface area contributed by atoms with E-state index < -0.39 is 43.3 Å². The number of rotatable bonds is 13. The second-order valence-corrected chi connectivity index (χ2v) is 6.92. The lowest BCUT2D eigenvalue weighted by Gasteiger charge is -2.42. The fourth-order valence-corrected chi connectivity index (χ4v) is 3.07. The van der Waals surface area contributed by atoms with Crippen LogP contribution in [0.5, 0.6) is 0 Å². The van der Waals surface area contributed by atoms with E-state index in [1.165, 1.54) is 7.11 Å². The van der Waals surface area contributed by atoms with Crippen LogP contribution in [-0.4, -0.2) is 85.0 Å². The molecule has 0 aromatic carbocycles. The highest BCUT2D eigenvalue weighted by molar-refractivity contribution is 5.69. The van der Waals surface area contributed by atoms with Gasteiger partial charge in [0.25, 0.3) is 0 Å². The molecule has 0 aromatic rings. The lowest BCUT2D eigenvalue weighted by molar-refractivity contribution is -0.269. The number of hydrogen-bond donors (Lipinski definition) is 4. The van der Waals surface area contributed by atoms with E-state index in [9.17, 15) is 24.9 Å². The maximum absolute atomic E-state index is 11.7. The van der Waals surface area contributed by atoms with Crippen molar-refractivity contribution >= 4 is 12.1 Å². The molecule has 0 radical (unpaired) electrons. The van der Waals surface area contributed by atoms with Gasteiger partial charge in [-0.2, -0.15) is 0 Å². The molecule has 1 aliphatic rings. The van der Waals surface area contributed by atoms with Gasteiger partial charge in [0.15, 0.2) is 6.29 Å². The SMILES string of the molecule is CCOC(=O)NC1C(O)[C@H](O)C(CO)O[C@H]1OCCCCCCCCC(=O)OC. The second kappa shape index (κ2) is 14.5. The predicted octanol–water partition coefficient (Wildman–Crippen LogP) is 0.460. The first kappa shape index (κ1) is 25.6. The molecule has 3 unspecified atom stereocenters. The van der Waals surface area contributed by atoms with Crippen molar-refractivity contribution in [3.8, 4) is 0 Å². The fourth-order valence-electron chi connectivity index (χ4n) is 3.07. The van der Waals surface area contributed by atoms with Crippen molar-refractivity contribution in [3.63, 3.8) is 0 Å². The number of methoxy groups -OCH3 is 1. The van der Waals surface area contributed by atoms with Crippen LogP contribution in [0.2, 0.25) is 0 Å². The summed E-state index contributed by atoms with van der Waals surface area (Å²) in [5.74, 6) is -0.189. The average Bonchev–Trinajstić information content (AvgIpc) is 2.71. The molecule has 170 valence electrons. The smallest absolute Gasteiger partial charge is 0.407 e. The Morgan fingerprint density at radius 2 is 1.69 bits per heavy atom. The number of amides is 1. The summed E-state index contributed by atoms with van der Waals surface area (Å²) >= 11 is 0. The van der Waals surface area contributed by atoms with E-state index in [1.807, 2.05) is 0 Å². The maximum atomic E-state index is 11.7. The number of ether oxygens (including phenoxy) is 4. The maximum Gasteiger partial charge on any atom is 0.407 e. The molecule has 0 spiro atoms. The molecule has 0 aliphatic carbocycles. The Morgan fingerprint density at radius 3 is 2.31 bits per heavy atom. The third kappa shape index (κ3) is 9.26. The lowest BCUT2D eigenvalue weighted by Crippen LogP contribution is -2.64. The van der Waals surface area contributed by atoms with Crippen molar-refractivity contribution < 1.29 is 43.9 Å². The zero-order chi connectivity index (χ0) is 21.6. The Bertz CT molecular complexity index is 477. The van der Waals surface area contributed by atoms with Gasteiger partial charge in [0.1, 0.15) is 24.4 Å². The van der Waals surface area contributed by atoms with Gasteiger partial charge in [0.05, 0.1) is 20.3 Å². The minimum atomic E-state index is -1.37. The van der Waals surface area contributed by atoms with Gasteiger partial charge >= 0.3 is 12.1 Å². The summed E-state index contributed by atoms with van der Waals surface area (Å²) in [6.45, 7) is 1.64. The summed E-state index contributed by atoms with van der Waals surface area (Å²) in [4.78, 5) is 22.7. The molecule has 29 heavy (non-hydrogen) atoms. The number of alkyl carbamates (subject to hydrolysis) is 1. The number of carbonyl (C=O) groups is 2. The van der Waals surface area contributed by atoms with Crippen molar-refractivity contribution in [1.82, 2.24) is 5.32 Å². The van der Waals surface area contributed by atoms with Crippen LogP contribution in [0.25, 0.3) is 0 Å². The van der Waals surface area contributed by atoms with Gasteiger partial charge in [-0.1, -0.05) is 25.7 Å². The van der Waals surface area contributed by atoms with E-state index in [0.717, 1.165) is 38.5 Å². The van der Waals surface area contributed by atoms with E-state index in [-0.39, 0.29) is 12.6 Å². The highest BCUT2D eigenvalue weighted by Gasteiger charge is 2.45. The summed E-state index contributed by atoms with van der Waals surface area (Å²) in [6, 6.07) is -1.02. The van der Waals surface area contributed by atoms with E-state index in [2.05, 4.69) is 10.1 Å². The fraction of sp³-hybridized carbons (Fsp3) is 0.895. The molecule has 1 aliphatic heterocycles. The highest BCUT2D eigenvalue weighted by atomic mass is 16.7. The zero-order valence-electron chi connectivity index (χ0n) is 17.2. The van der Waals surface area contributed by atoms with E-state index in [1.54, 1.807) is 6.92 Å². The number of aliphatic hydroxyl groups is 3. The third-order valence-corrected chi connectivity index (χ3v) is 4.73. The van der Waals surface area contributed by atoms with Gasteiger partial charge in [0.2, 0.25) is 0 Å².